The molecular weight excluding hydrogens is 252 g/mol. The lowest BCUT2D eigenvalue weighted by atomic mass is 10.2. The molecule has 4 nitrogen and oxygen atoms in total. The molecule has 20 heavy (non-hydrogen) atoms. The summed E-state index contributed by atoms with van der Waals surface area (Å²) in [5.74, 6) is 0.556. The summed E-state index contributed by atoms with van der Waals surface area (Å²) in [6, 6.07) is 7.78. The quantitative estimate of drug-likeness (QED) is 0.683. The molecule has 0 bridgehead atoms. The summed E-state index contributed by atoms with van der Waals surface area (Å²) in [5.41, 5.74) is 2.02. The molecular formula is C16H26N2O2. The van der Waals surface area contributed by atoms with Gasteiger partial charge in [0.25, 0.3) is 0 Å². The summed E-state index contributed by atoms with van der Waals surface area (Å²) in [6.07, 6.45) is 0.921. The summed E-state index contributed by atoms with van der Waals surface area (Å²) < 4.78 is 5.47. The maximum Gasteiger partial charge on any atom is 0.238 e. The van der Waals surface area contributed by atoms with Gasteiger partial charge < -0.3 is 15.4 Å². The standard InChI is InChI=1S/C16H26N2O2/c1-13(2)12-20-10-4-9-17-11-16(19)18-15-7-5-14(3)6-8-15/h5-8,13,17H,4,9-12H2,1-3H3,(H,18,19). The minimum atomic E-state index is -0.0167. The van der Waals surface area contributed by atoms with Crippen molar-refractivity contribution in [2.24, 2.45) is 5.92 Å². The topological polar surface area (TPSA) is 50.4 Å². The molecule has 0 aromatic heterocycles. The first-order valence-electron chi connectivity index (χ1n) is 7.23. The van der Waals surface area contributed by atoms with Crippen molar-refractivity contribution in [3.63, 3.8) is 0 Å². The molecule has 1 aromatic rings. The number of hydrogen-bond acceptors (Lipinski definition) is 3. The highest BCUT2D eigenvalue weighted by atomic mass is 16.5. The third kappa shape index (κ3) is 7.92. The molecule has 0 aliphatic rings. The van der Waals surface area contributed by atoms with Crippen LogP contribution in [0.3, 0.4) is 0 Å². The highest BCUT2D eigenvalue weighted by molar-refractivity contribution is 5.92. The number of rotatable bonds is 9. The molecule has 0 saturated carbocycles. The van der Waals surface area contributed by atoms with Crippen LogP contribution in [0.2, 0.25) is 0 Å². The van der Waals surface area contributed by atoms with E-state index in [4.69, 9.17) is 4.74 Å². The van der Waals surface area contributed by atoms with Crippen molar-refractivity contribution in [3.05, 3.63) is 29.8 Å². The second kappa shape index (κ2) is 9.50. The SMILES string of the molecule is Cc1ccc(NC(=O)CNCCCOCC(C)C)cc1. The Morgan fingerprint density at radius 1 is 1.25 bits per heavy atom. The highest BCUT2D eigenvalue weighted by Gasteiger charge is 2.01. The van der Waals surface area contributed by atoms with Gasteiger partial charge in [0.15, 0.2) is 0 Å². The molecule has 0 aliphatic carbocycles. The second-order valence-electron chi connectivity index (χ2n) is 5.41. The van der Waals surface area contributed by atoms with E-state index in [0.29, 0.717) is 12.5 Å². The molecule has 0 radical (unpaired) electrons. The van der Waals surface area contributed by atoms with E-state index >= 15 is 0 Å². The third-order valence-electron chi connectivity index (χ3n) is 2.71. The number of nitrogens with one attached hydrogen (secondary N) is 2. The molecule has 1 amide bonds. The van der Waals surface area contributed by atoms with Crippen molar-refractivity contribution < 1.29 is 9.53 Å². The Bertz CT molecular complexity index is 388. The monoisotopic (exact) mass is 278 g/mol. The lowest BCUT2D eigenvalue weighted by Gasteiger charge is -2.08. The first kappa shape index (κ1) is 16.7. The van der Waals surface area contributed by atoms with Crippen molar-refractivity contribution in [3.8, 4) is 0 Å². The Hall–Kier alpha value is -1.39. The van der Waals surface area contributed by atoms with Crippen LogP contribution in [-0.4, -0.2) is 32.2 Å². The molecule has 112 valence electrons. The van der Waals surface area contributed by atoms with Gasteiger partial charge >= 0.3 is 0 Å². The zero-order valence-electron chi connectivity index (χ0n) is 12.7. The fourth-order valence-corrected chi connectivity index (χ4v) is 1.66. The number of carbonyl (C=O) groups excluding carboxylic acids is 1. The van der Waals surface area contributed by atoms with Crippen LogP contribution in [0, 0.1) is 12.8 Å². The lowest BCUT2D eigenvalue weighted by molar-refractivity contribution is -0.115. The van der Waals surface area contributed by atoms with Crippen LogP contribution in [0.1, 0.15) is 25.8 Å². The van der Waals surface area contributed by atoms with Crippen molar-refractivity contribution in [2.75, 3.05) is 31.6 Å². The largest absolute Gasteiger partial charge is 0.381 e. The van der Waals surface area contributed by atoms with E-state index in [2.05, 4.69) is 24.5 Å². The fourth-order valence-electron chi connectivity index (χ4n) is 1.66. The molecule has 1 rings (SSSR count). The van der Waals surface area contributed by atoms with Crippen LogP contribution in [0.25, 0.3) is 0 Å². The van der Waals surface area contributed by atoms with E-state index in [1.807, 2.05) is 31.2 Å². The maximum atomic E-state index is 11.7. The second-order valence-corrected chi connectivity index (χ2v) is 5.41. The normalized spacial score (nSPS) is 10.8. The van der Waals surface area contributed by atoms with Crippen LogP contribution in [0.15, 0.2) is 24.3 Å². The molecule has 0 aliphatic heterocycles. The van der Waals surface area contributed by atoms with Gasteiger partial charge in [-0.1, -0.05) is 31.5 Å². The van der Waals surface area contributed by atoms with Gasteiger partial charge in [-0.25, -0.2) is 0 Å². The first-order chi connectivity index (χ1) is 9.58. The van der Waals surface area contributed by atoms with Gasteiger partial charge in [-0.2, -0.15) is 0 Å². The molecule has 0 fully saturated rings. The first-order valence-corrected chi connectivity index (χ1v) is 7.23. The fraction of sp³-hybridized carbons (Fsp3) is 0.562. The number of hydrogen-bond donors (Lipinski definition) is 2. The Morgan fingerprint density at radius 2 is 1.95 bits per heavy atom. The smallest absolute Gasteiger partial charge is 0.238 e. The maximum absolute atomic E-state index is 11.7. The van der Waals surface area contributed by atoms with Gasteiger partial charge in [-0.3, -0.25) is 4.79 Å². The van der Waals surface area contributed by atoms with E-state index in [1.165, 1.54) is 5.56 Å². The third-order valence-corrected chi connectivity index (χ3v) is 2.71. The zero-order valence-corrected chi connectivity index (χ0v) is 12.7. The van der Waals surface area contributed by atoms with Crippen molar-refractivity contribution >= 4 is 11.6 Å². The number of benzene rings is 1. The van der Waals surface area contributed by atoms with Gasteiger partial charge in [0.2, 0.25) is 5.91 Å². The summed E-state index contributed by atoms with van der Waals surface area (Å²) in [5, 5.41) is 5.97. The van der Waals surface area contributed by atoms with Crippen molar-refractivity contribution in [1.29, 1.82) is 0 Å². The van der Waals surface area contributed by atoms with E-state index in [0.717, 1.165) is 31.9 Å². The van der Waals surface area contributed by atoms with E-state index < -0.39 is 0 Å². The van der Waals surface area contributed by atoms with Gasteiger partial charge in [-0.15, -0.1) is 0 Å². The Morgan fingerprint density at radius 3 is 2.60 bits per heavy atom. The number of amides is 1. The summed E-state index contributed by atoms with van der Waals surface area (Å²) in [4.78, 5) is 11.7. The minimum absolute atomic E-state index is 0.0167. The molecule has 2 N–H and O–H groups in total. The van der Waals surface area contributed by atoms with Crippen LogP contribution in [0.5, 0.6) is 0 Å². The molecule has 0 saturated heterocycles. The molecule has 1 aromatic carbocycles. The summed E-state index contributed by atoms with van der Waals surface area (Å²) >= 11 is 0. The minimum Gasteiger partial charge on any atom is -0.381 e. The number of anilines is 1. The van der Waals surface area contributed by atoms with Gasteiger partial charge in [0.05, 0.1) is 6.54 Å². The van der Waals surface area contributed by atoms with E-state index in [1.54, 1.807) is 0 Å². The summed E-state index contributed by atoms with van der Waals surface area (Å²) in [6.45, 7) is 8.95. The number of carbonyl (C=O) groups is 1. The van der Waals surface area contributed by atoms with Crippen LogP contribution in [-0.2, 0) is 9.53 Å². The average Bonchev–Trinajstić information content (AvgIpc) is 2.40. The van der Waals surface area contributed by atoms with E-state index in [-0.39, 0.29) is 5.91 Å². The Labute approximate surface area is 121 Å². The van der Waals surface area contributed by atoms with Crippen molar-refractivity contribution in [1.82, 2.24) is 5.32 Å². The van der Waals surface area contributed by atoms with Crippen LogP contribution in [0.4, 0.5) is 5.69 Å². The predicted octanol–water partition coefficient (Wildman–Crippen LogP) is 2.59. The zero-order chi connectivity index (χ0) is 14.8. The molecule has 0 spiro atoms. The van der Waals surface area contributed by atoms with Gasteiger partial charge in [0, 0.05) is 18.9 Å². The Kier molecular flexibility index (Phi) is 7.92. The van der Waals surface area contributed by atoms with Gasteiger partial charge in [-0.05, 0) is 37.9 Å². The van der Waals surface area contributed by atoms with E-state index in [9.17, 15) is 4.79 Å². The molecule has 4 heteroatoms. The van der Waals surface area contributed by atoms with Crippen molar-refractivity contribution in [2.45, 2.75) is 27.2 Å². The molecule has 0 atom stereocenters. The number of aryl methyl sites for hydroxylation is 1. The van der Waals surface area contributed by atoms with Crippen LogP contribution >= 0.6 is 0 Å². The Balaban J connectivity index is 2.04. The molecule has 0 heterocycles. The van der Waals surface area contributed by atoms with Gasteiger partial charge in [0.1, 0.15) is 0 Å². The summed E-state index contributed by atoms with van der Waals surface area (Å²) in [7, 11) is 0. The lowest BCUT2D eigenvalue weighted by Crippen LogP contribution is -2.29. The number of ether oxygens (including phenoxy) is 1. The molecule has 0 unspecified atom stereocenters. The average molecular weight is 278 g/mol. The van der Waals surface area contributed by atoms with Crippen LogP contribution < -0.4 is 10.6 Å². The highest BCUT2D eigenvalue weighted by Crippen LogP contribution is 2.07. The predicted molar refractivity (Wildman–Crippen MR) is 83.0 cm³/mol.